The molecule has 3 aromatic rings. The summed E-state index contributed by atoms with van der Waals surface area (Å²) in [7, 11) is 0. The minimum absolute atomic E-state index is 0.136. The Balaban J connectivity index is 1.71. The number of carbonyl (C=O) groups is 1. The number of benzene rings is 2. The quantitative estimate of drug-likeness (QED) is 0.476. The lowest BCUT2D eigenvalue weighted by Gasteiger charge is -2.11. The van der Waals surface area contributed by atoms with Crippen LogP contribution in [0.3, 0.4) is 0 Å². The van der Waals surface area contributed by atoms with Crippen molar-refractivity contribution in [1.29, 1.82) is 5.41 Å². The smallest absolute Gasteiger partial charge is 0.264 e. The zero-order chi connectivity index (χ0) is 22.7. The van der Waals surface area contributed by atoms with Crippen molar-refractivity contribution >= 4 is 28.9 Å². The zero-order valence-corrected chi connectivity index (χ0v) is 19.2. The predicted molar refractivity (Wildman–Crippen MR) is 130 cm³/mol. The molecule has 1 aliphatic rings. The fourth-order valence-corrected chi connectivity index (χ4v) is 4.07. The largest absolute Gasteiger partial charge is 0.493 e. The molecule has 32 heavy (non-hydrogen) atoms. The number of aromatic nitrogens is 2. The Morgan fingerprint density at radius 2 is 2.00 bits per heavy atom. The van der Waals surface area contributed by atoms with Crippen molar-refractivity contribution in [3.05, 3.63) is 70.8 Å². The maximum Gasteiger partial charge on any atom is 0.264 e. The molecule has 2 heterocycles. The third-order valence-corrected chi connectivity index (χ3v) is 5.94. The van der Waals surface area contributed by atoms with Crippen molar-refractivity contribution in [3.63, 3.8) is 0 Å². The number of para-hydroxylation sites is 1. The van der Waals surface area contributed by atoms with Gasteiger partial charge in [-0.05, 0) is 73.0 Å². The number of amidine groups is 1. The molecule has 7 heteroatoms. The summed E-state index contributed by atoms with van der Waals surface area (Å²) >= 11 is 1.12. The number of thioether (sulfide) groups is 1. The number of aryl methyl sites for hydroxylation is 1. The molecule has 0 atom stereocenters. The molecular formula is C25H26N4O2S. The molecule has 1 fully saturated rings. The van der Waals surface area contributed by atoms with E-state index in [1.54, 1.807) is 6.08 Å². The van der Waals surface area contributed by atoms with E-state index >= 15 is 0 Å². The first kappa shape index (κ1) is 21.9. The first-order chi connectivity index (χ1) is 15.4. The topological polar surface area (TPSA) is 80.0 Å². The number of amides is 1. The van der Waals surface area contributed by atoms with Crippen molar-refractivity contribution in [2.24, 2.45) is 5.92 Å². The van der Waals surface area contributed by atoms with Crippen LogP contribution in [0.5, 0.6) is 5.75 Å². The molecule has 0 radical (unpaired) electrons. The highest BCUT2D eigenvalue weighted by Gasteiger charge is 2.23. The van der Waals surface area contributed by atoms with Crippen molar-refractivity contribution in [3.8, 4) is 22.7 Å². The van der Waals surface area contributed by atoms with Gasteiger partial charge in [-0.3, -0.25) is 10.2 Å². The summed E-state index contributed by atoms with van der Waals surface area (Å²) in [6.07, 6.45) is 4.72. The molecule has 0 unspecified atom stereocenters. The van der Waals surface area contributed by atoms with Gasteiger partial charge in [-0.1, -0.05) is 32.0 Å². The summed E-state index contributed by atoms with van der Waals surface area (Å²) in [6, 6.07) is 15.9. The first-order valence-electron chi connectivity index (χ1n) is 10.6. The maximum atomic E-state index is 12.2. The second-order valence-corrected chi connectivity index (χ2v) is 9.17. The molecule has 6 nitrogen and oxygen atoms in total. The monoisotopic (exact) mass is 446 g/mol. The minimum atomic E-state index is -0.261. The van der Waals surface area contributed by atoms with Gasteiger partial charge in [0.05, 0.1) is 17.2 Å². The SMILES string of the molecule is Cc1cc(-c2nn(-c3ccccc3)cc2/C=C2\SC(=N)NC2=O)ccc1OCCC(C)C. The molecule has 1 saturated heterocycles. The van der Waals surface area contributed by atoms with Crippen molar-refractivity contribution in [2.45, 2.75) is 27.2 Å². The van der Waals surface area contributed by atoms with Crippen molar-refractivity contribution < 1.29 is 9.53 Å². The molecule has 0 bridgehead atoms. The van der Waals surface area contributed by atoms with E-state index in [1.807, 2.05) is 60.3 Å². The molecule has 164 valence electrons. The van der Waals surface area contributed by atoms with Gasteiger partial charge in [0.15, 0.2) is 5.17 Å². The van der Waals surface area contributed by atoms with Crippen LogP contribution in [0.4, 0.5) is 0 Å². The molecule has 0 saturated carbocycles. The third kappa shape index (κ3) is 4.94. The minimum Gasteiger partial charge on any atom is -0.493 e. The van der Waals surface area contributed by atoms with Gasteiger partial charge < -0.3 is 10.1 Å². The van der Waals surface area contributed by atoms with E-state index in [0.29, 0.717) is 17.4 Å². The molecule has 2 aromatic carbocycles. The van der Waals surface area contributed by atoms with Crippen LogP contribution in [0.15, 0.2) is 59.6 Å². The average Bonchev–Trinajstić information content (AvgIpc) is 3.32. The number of nitrogens with zero attached hydrogens (tertiary/aromatic N) is 2. The highest BCUT2D eigenvalue weighted by atomic mass is 32.2. The summed E-state index contributed by atoms with van der Waals surface area (Å²) in [5.41, 5.74) is 4.49. The highest BCUT2D eigenvalue weighted by molar-refractivity contribution is 8.18. The van der Waals surface area contributed by atoms with Gasteiger partial charge >= 0.3 is 0 Å². The first-order valence-corrected chi connectivity index (χ1v) is 11.4. The van der Waals surface area contributed by atoms with Crippen LogP contribution in [-0.2, 0) is 4.79 Å². The van der Waals surface area contributed by atoms with Crippen LogP contribution in [0.25, 0.3) is 23.0 Å². The predicted octanol–water partition coefficient (Wildman–Crippen LogP) is 5.41. The molecule has 0 aliphatic carbocycles. The Labute approximate surface area is 192 Å². The summed E-state index contributed by atoms with van der Waals surface area (Å²) in [5, 5.41) is 15.2. The summed E-state index contributed by atoms with van der Waals surface area (Å²) in [6.45, 7) is 7.09. The Hall–Kier alpha value is -3.32. The van der Waals surface area contributed by atoms with E-state index in [4.69, 9.17) is 15.2 Å². The van der Waals surface area contributed by atoms with Crippen LogP contribution >= 0.6 is 11.8 Å². The van der Waals surface area contributed by atoms with Gasteiger partial charge in [-0.2, -0.15) is 5.10 Å². The Kier molecular flexibility index (Phi) is 6.46. The number of carbonyl (C=O) groups excluding carboxylic acids is 1. The molecule has 0 spiro atoms. The average molecular weight is 447 g/mol. The molecular weight excluding hydrogens is 420 g/mol. The van der Waals surface area contributed by atoms with E-state index in [1.165, 1.54) is 0 Å². The normalized spacial score (nSPS) is 14.9. The van der Waals surface area contributed by atoms with Gasteiger partial charge in [0.2, 0.25) is 0 Å². The van der Waals surface area contributed by atoms with E-state index in [9.17, 15) is 4.79 Å². The number of ether oxygens (including phenoxy) is 1. The third-order valence-electron chi connectivity index (χ3n) is 5.11. The Morgan fingerprint density at radius 3 is 2.66 bits per heavy atom. The molecule has 1 amide bonds. The Morgan fingerprint density at radius 1 is 1.22 bits per heavy atom. The number of hydrogen-bond donors (Lipinski definition) is 2. The van der Waals surface area contributed by atoms with Crippen LogP contribution in [0, 0.1) is 18.3 Å². The van der Waals surface area contributed by atoms with E-state index in [2.05, 4.69) is 25.2 Å². The second-order valence-electron chi connectivity index (χ2n) is 8.12. The van der Waals surface area contributed by atoms with Crippen LogP contribution in [0.1, 0.15) is 31.4 Å². The molecule has 4 rings (SSSR count). The fraction of sp³-hybridized carbons (Fsp3) is 0.240. The Bertz CT molecular complexity index is 1180. The van der Waals surface area contributed by atoms with Gasteiger partial charge in [0.1, 0.15) is 11.4 Å². The van der Waals surface area contributed by atoms with Crippen LogP contribution in [-0.4, -0.2) is 27.5 Å². The van der Waals surface area contributed by atoms with Crippen molar-refractivity contribution in [1.82, 2.24) is 15.1 Å². The standard InChI is InChI=1S/C25H26N4O2S/c1-16(2)11-12-31-21-10-9-18(13-17(21)3)23-19(14-22-24(30)27-25(26)32-22)15-29(28-23)20-7-5-4-6-8-20/h4-10,13-16H,11-12H2,1-3H3,(H2,26,27,30)/b22-14-. The summed E-state index contributed by atoms with van der Waals surface area (Å²) in [5.74, 6) is 1.21. The maximum absolute atomic E-state index is 12.2. The molecule has 2 N–H and O–H groups in total. The molecule has 1 aromatic heterocycles. The van der Waals surface area contributed by atoms with Gasteiger partial charge in [-0.25, -0.2) is 4.68 Å². The van der Waals surface area contributed by atoms with E-state index in [0.717, 1.165) is 52.0 Å². The number of hydrogen-bond acceptors (Lipinski definition) is 5. The second kappa shape index (κ2) is 9.44. The molecule has 1 aliphatic heterocycles. The lowest BCUT2D eigenvalue weighted by Crippen LogP contribution is -2.18. The van der Waals surface area contributed by atoms with E-state index in [-0.39, 0.29) is 11.1 Å². The number of rotatable bonds is 7. The highest BCUT2D eigenvalue weighted by Crippen LogP contribution is 2.32. The zero-order valence-electron chi connectivity index (χ0n) is 18.4. The van der Waals surface area contributed by atoms with E-state index < -0.39 is 0 Å². The summed E-state index contributed by atoms with van der Waals surface area (Å²) < 4.78 is 7.77. The van der Waals surface area contributed by atoms with Gasteiger partial charge in [0, 0.05) is 17.3 Å². The van der Waals surface area contributed by atoms with Crippen LogP contribution < -0.4 is 10.1 Å². The fourth-order valence-electron chi connectivity index (χ4n) is 3.38. The lowest BCUT2D eigenvalue weighted by atomic mass is 10.0. The lowest BCUT2D eigenvalue weighted by molar-refractivity contribution is -0.115. The summed E-state index contributed by atoms with van der Waals surface area (Å²) in [4.78, 5) is 12.7. The number of nitrogens with one attached hydrogen (secondary N) is 2. The van der Waals surface area contributed by atoms with Crippen LogP contribution in [0.2, 0.25) is 0 Å². The van der Waals surface area contributed by atoms with Gasteiger partial charge in [0.25, 0.3) is 5.91 Å². The van der Waals surface area contributed by atoms with Gasteiger partial charge in [-0.15, -0.1) is 0 Å². The van der Waals surface area contributed by atoms with Crippen molar-refractivity contribution in [2.75, 3.05) is 6.61 Å².